The smallest absolute Gasteiger partial charge is 0.331 e. The molecule has 0 saturated carbocycles. The lowest BCUT2D eigenvalue weighted by molar-refractivity contribution is -0.142. The summed E-state index contributed by atoms with van der Waals surface area (Å²) in [4.78, 5) is 24.2. The fraction of sp³-hybridized carbons (Fsp3) is 0.174. The molecule has 0 spiro atoms. The van der Waals surface area contributed by atoms with Crippen molar-refractivity contribution in [1.29, 1.82) is 0 Å². The first kappa shape index (κ1) is 23.0. The van der Waals surface area contributed by atoms with Crippen LogP contribution in [0, 0.1) is 19.7 Å². The van der Waals surface area contributed by atoms with Gasteiger partial charge < -0.3 is 14.8 Å². The van der Waals surface area contributed by atoms with Gasteiger partial charge in [0.25, 0.3) is 5.91 Å². The molecule has 7 nitrogen and oxygen atoms in total. The summed E-state index contributed by atoms with van der Waals surface area (Å²) in [6, 6.07) is 11.0. The van der Waals surface area contributed by atoms with Crippen molar-refractivity contribution >= 4 is 35.2 Å². The topological polar surface area (TPSA) is 82.4 Å². The number of amides is 1. The van der Waals surface area contributed by atoms with Crippen LogP contribution in [0.1, 0.15) is 16.8 Å². The Kier molecular flexibility index (Phi) is 7.27. The average Bonchev–Trinajstić information content (AvgIpc) is 3.05. The summed E-state index contributed by atoms with van der Waals surface area (Å²) >= 11 is 6.37. The van der Waals surface area contributed by atoms with Gasteiger partial charge in [0.05, 0.1) is 24.2 Å². The van der Waals surface area contributed by atoms with Crippen molar-refractivity contribution in [3.63, 3.8) is 0 Å². The number of aryl methyl sites for hydroxylation is 2. The lowest BCUT2D eigenvalue weighted by Crippen LogP contribution is -2.20. The zero-order chi connectivity index (χ0) is 23.3. The monoisotopic (exact) mass is 457 g/mol. The van der Waals surface area contributed by atoms with Gasteiger partial charge in [0.15, 0.2) is 6.61 Å². The molecule has 1 amide bonds. The predicted molar refractivity (Wildman–Crippen MR) is 120 cm³/mol. The van der Waals surface area contributed by atoms with Gasteiger partial charge in [-0.25, -0.2) is 13.9 Å². The fourth-order valence-corrected chi connectivity index (χ4v) is 3.23. The molecule has 0 saturated heterocycles. The summed E-state index contributed by atoms with van der Waals surface area (Å²) in [5.74, 6) is -1.10. The number of methoxy groups -OCH3 is 1. The van der Waals surface area contributed by atoms with Crippen molar-refractivity contribution in [3.05, 3.63) is 76.3 Å². The van der Waals surface area contributed by atoms with Crippen molar-refractivity contribution in [3.8, 4) is 11.4 Å². The number of carbonyl (C=O) groups is 2. The van der Waals surface area contributed by atoms with E-state index in [0.717, 1.165) is 11.6 Å². The standard InChI is InChI=1S/C23H21ClFN3O4/c1-14-4-10-20(31-3)19(12-14)26-21(29)13-32-22(30)11-9-18-15(2)27-28(23(18)24)17-7-5-16(25)6-8-17/h4-12H,13H2,1-3H3,(H,26,29)/b11-9+. The van der Waals surface area contributed by atoms with Crippen LogP contribution in [0.5, 0.6) is 5.75 Å². The van der Waals surface area contributed by atoms with E-state index in [9.17, 15) is 14.0 Å². The number of hydrogen-bond acceptors (Lipinski definition) is 5. The minimum Gasteiger partial charge on any atom is -0.495 e. The molecule has 0 aliphatic rings. The van der Waals surface area contributed by atoms with Crippen molar-refractivity contribution in [2.45, 2.75) is 13.8 Å². The Morgan fingerprint density at radius 3 is 2.59 bits per heavy atom. The maximum absolute atomic E-state index is 13.1. The molecule has 0 aliphatic heterocycles. The molecule has 0 fully saturated rings. The molecule has 9 heteroatoms. The van der Waals surface area contributed by atoms with E-state index in [1.165, 1.54) is 42.1 Å². The molecule has 1 N–H and O–H groups in total. The highest BCUT2D eigenvalue weighted by molar-refractivity contribution is 6.31. The predicted octanol–water partition coefficient (Wildman–Crippen LogP) is 4.49. The highest BCUT2D eigenvalue weighted by Crippen LogP contribution is 2.26. The van der Waals surface area contributed by atoms with Gasteiger partial charge in [0, 0.05) is 11.6 Å². The minimum absolute atomic E-state index is 0.252. The van der Waals surface area contributed by atoms with E-state index < -0.39 is 18.5 Å². The molecule has 0 aliphatic carbocycles. The lowest BCUT2D eigenvalue weighted by Gasteiger charge is -2.10. The number of rotatable bonds is 7. The van der Waals surface area contributed by atoms with E-state index in [4.69, 9.17) is 21.1 Å². The maximum Gasteiger partial charge on any atom is 0.331 e. The Labute approximate surface area is 189 Å². The molecular weight excluding hydrogens is 437 g/mol. The first-order valence-corrected chi connectivity index (χ1v) is 9.96. The fourth-order valence-electron chi connectivity index (χ4n) is 2.90. The largest absolute Gasteiger partial charge is 0.495 e. The van der Waals surface area contributed by atoms with E-state index in [0.29, 0.717) is 28.4 Å². The number of nitrogens with zero attached hydrogens (tertiary/aromatic N) is 2. The Balaban J connectivity index is 1.62. The SMILES string of the molecule is COc1ccc(C)cc1NC(=O)COC(=O)/C=C/c1c(C)nn(-c2ccc(F)cc2)c1Cl. The number of anilines is 1. The summed E-state index contributed by atoms with van der Waals surface area (Å²) < 4.78 is 24.8. The van der Waals surface area contributed by atoms with Crippen LogP contribution >= 0.6 is 11.6 Å². The first-order valence-electron chi connectivity index (χ1n) is 9.59. The zero-order valence-electron chi connectivity index (χ0n) is 17.7. The number of aromatic nitrogens is 2. The molecule has 0 bridgehead atoms. The number of benzene rings is 2. The minimum atomic E-state index is -0.721. The number of hydrogen-bond donors (Lipinski definition) is 1. The first-order chi connectivity index (χ1) is 15.3. The van der Waals surface area contributed by atoms with Gasteiger partial charge in [0.1, 0.15) is 16.7 Å². The number of halogens is 2. The van der Waals surface area contributed by atoms with Crippen LogP contribution in [0.15, 0.2) is 48.5 Å². The Bertz CT molecular complexity index is 1170. The van der Waals surface area contributed by atoms with Crippen LogP contribution in [0.3, 0.4) is 0 Å². The zero-order valence-corrected chi connectivity index (χ0v) is 18.4. The van der Waals surface area contributed by atoms with Crippen LogP contribution in [0.4, 0.5) is 10.1 Å². The van der Waals surface area contributed by atoms with Gasteiger partial charge in [-0.05, 0) is 61.9 Å². The van der Waals surface area contributed by atoms with Crippen molar-refractivity contribution in [2.75, 3.05) is 19.0 Å². The van der Waals surface area contributed by atoms with Gasteiger partial charge in [0.2, 0.25) is 0 Å². The maximum atomic E-state index is 13.1. The normalized spacial score (nSPS) is 10.9. The Morgan fingerprint density at radius 2 is 1.91 bits per heavy atom. The van der Waals surface area contributed by atoms with Gasteiger partial charge in [-0.2, -0.15) is 5.10 Å². The van der Waals surface area contributed by atoms with Gasteiger partial charge in [-0.3, -0.25) is 4.79 Å². The second-order valence-electron chi connectivity index (χ2n) is 6.87. The third kappa shape index (κ3) is 5.53. The van der Waals surface area contributed by atoms with E-state index in [1.807, 2.05) is 13.0 Å². The molecular formula is C23H21ClFN3O4. The summed E-state index contributed by atoms with van der Waals surface area (Å²) in [7, 11) is 1.50. The molecule has 32 heavy (non-hydrogen) atoms. The van der Waals surface area contributed by atoms with E-state index in [2.05, 4.69) is 10.4 Å². The van der Waals surface area contributed by atoms with Crippen molar-refractivity contribution in [1.82, 2.24) is 9.78 Å². The number of carbonyl (C=O) groups excluding carboxylic acids is 2. The highest BCUT2D eigenvalue weighted by Gasteiger charge is 2.14. The van der Waals surface area contributed by atoms with Crippen molar-refractivity contribution in [2.24, 2.45) is 0 Å². The summed E-state index contributed by atoms with van der Waals surface area (Å²) in [5, 5.41) is 7.22. The summed E-state index contributed by atoms with van der Waals surface area (Å²) in [6.45, 7) is 3.13. The molecule has 0 unspecified atom stereocenters. The van der Waals surface area contributed by atoms with E-state index in [1.54, 1.807) is 19.1 Å². The Hall–Kier alpha value is -3.65. The molecule has 1 heterocycles. The molecule has 3 rings (SSSR count). The van der Waals surface area contributed by atoms with E-state index in [-0.39, 0.29) is 11.0 Å². The molecule has 166 valence electrons. The molecule has 3 aromatic rings. The highest BCUT2D eigenvalue weighted by atomic mass is 35.5. The number of esters is 1. The third-order valence-corrected chi connectivity index (χ3v) is 4.84. The van der Waals surface area contributed by atoms with Crippen LogP contribution in [0.25, 0.3) is 11.8 Å². The summed E-state index contributed by atoms with van der Waals surface area (Å²) in [6.07, 6.45) is 2.61. The second-order valence-corrected chi connectivity index (χ2v) is 7.23. The van der Waals surface area contributed by atoms with Crippen LogP contribution < -0.4 is 10.1 Å². The van der Waals surface area contributed by atoms with Crippen molar-refractivity contribution < 1.29 is 23.5 Å². The molecule has 0 atom stereocenters. The number of nitrogens with one attached hydrogen (secondary N) is 1. The second kappa shape index (κ2) is 10.1. The van der Waals surface area contributed by atoms with Crippen LogP contribution in [-0.2, 0) is 14.3 Å². The van der Waals surface area contributed by atoms with Gasteiger partial charge in [-0.15, -0.1) is 0 Å². The van der Waals surface area contributed by atoms with E-state index >= 15 is 0 Å². The molecule has 2 aromatic carbocycles. The molecule has 0 radical (unpaired) electrons. The Morgan fingerprint density at radius 1 is 1.19 bits per heavy atom. The lowest BCUT2D eigenvalue weighted by atomic mass is 10.2. The number of ether oxygens (including phenoxy) is 2. The van der Waals surface area contributed by atoms with Gasteiger partial charge >= 0.3 is 5.97 Å². The van der Waals surface area contributed by atoms with Gasteiger partial charge in [-0.1, -0.05) is 17.7 Å². The third-order valence-electron chi connectivity index (χ3n) is 4.48. The summed E-state index contributed by atoms with van der Waals surface area (Å²) in [5.41, 5.74) is 3.06. The molecule has 1 aromatic heterocycles. The average molecular weight is 458 g/mol. The van der Waals surface area contributed by atoms with Crippen LogP contribution in [-0.4, -0.2) is 35.4 Å². The quantitative estimate of drug-likeness (QED) is 0.417. The van der Waals surface area contributed by atoms with Crippen LogP contribution in [0.2, 0.25) is 5.15 Å².